The van der Waals surface area contributed by atoms with Gasteiger partial charge in [-0.3, -0.25) is 4.98 Å². The van der Waals surface area contributed by atoms with Gasteiger partial charge in [0.1, 0.15) is 0 Å². The molecule has 0 radical (unpaired) electrons. The summed E-state index contributed by atoms with van der Waals surface area (Å²) in [6.45, 7) is 0. The average Bonchev–Trinajstić information content (AvgIpc) is 2.47. The minimum absolute atomic E-state index is 0.489. The summed E-state index contributed by atoms with van der Waals surface area (Å²) in [6, 6.07) is 11.1. The Kier molecular flexibility index (Phi) is 3.38. The quantitative estimate of drug-likeness (QED) is 0.664. The fourth-order valence-electron chi connectivity index (χ4n) is 2.07. The number of anilines is 3. The third kappa shape index (κ3) is 2.26. The van der Waals surface area contributed by atoms with Crippen molar-refractivity contribution >= 4 is 51.0 Å². The standard InChI is InChI=1S/C15H11Cl2N3/c16-11-2-1-3-14(15(11)17)20-13-5-4-12(18)9-6-7-19-8-10(9)13/h1-8,20H,18H2. The molecule has 0 bridgehead atoms. The van der Waals surface area contributed by atoms with Gasteiger partial charge in [0.25, 0.3) is 0 Å². The maximum absolute atomic E-state index is 6.19. The van der Waals surface area contributed by atoms with Gasteiger partial charge in [-0.05, 0) is 30.3 Å². The predicted molar refractivity (Wildman–Crippen MR) is 85.9 cm³/mol. The van der Waals surface area contributed by atoms with Crippen molar-refractivity contribution < 1.29 is 0 Å². The Bertz CT molecular complexity index is 787. The van der Waals surface area contributed by atoms with Gasteiger partial charge in [0, 0.05) is 34.5 Å². The molecular formula is C15H11Cl2N3. The molecule has 0 aliphatic heterocycles. The summed E-state index contributed by atoms with van der Waals surface area (Å²) >= 11 is 12.2. The molecule has 2 aromatic carbocycles. The Hall–Kier alpha value is -1.97. The molecule has 3 rings (SSSR count). The Balaban J connectivity index is 2.12. The minimum Gasteiger partial charge on any atom is -0.398 e. The van der Waals surface area contributed by atoms with Crippen molar-refractivity contribution in [3.05, 3.63) is 58.8 Å². The topological polar surface area (TPSA) is 50.9 Å². The van der Waals surface area contributed by atoms with Crippen LogP contribution in [0.2, 0.25) is 10.0 Å². The van der Waals surface area contributed by atoms with Gasteiger partial charge in [-0.1, -0.05) is 29.3 Å². The number of hydrogen-bond donors (Lipinski definition) is 2. The van der Waals surface area contributed by atoms with Crippen LogP contribution >= 0.6 is 23.2 Å². The van der Waals surface area contributed by atoms with Gasteiger partial charge in [-0.25, -0.2) is 0 Å². The summed E-state index contributed by atoms with van der Waals surface area (Å²) in [7, 11) is 0. The minimum atomic E-state index is 0.489. The Morgan fingerprint density at radius 1 is 0.950 bits per heavy atom. The molecule has 3 nitrogen and oxygen atoms in total. The van der Waals surface area contributed by atoms with Gasteiger partial charge in [0.05, 0.1) is 15.7 Å². The van der Waals surface area contributed by atoms with Gasteiger partial charge < -0.3 is 11.1 Å². The largest absolute Gasteiger partial charge is 0.398 e. The van der Waals surface area contributed by atoms with Crippen molar-refractivity contribution in [1.29, 1.82) is 0 Å². The van der Waals surface area contributed by atoms with E-state index >= 15 is 0 Å². The number of pyridine rings is 1. The lowest BCUT2D eigenvalue weighted by molar-refractivity contribution is 1.36. The number of benzene rings is 2. The lowest BCUT2D eigenvalue weighted by Gasteiger charge is -2.12. The molecule has 0 aliphatic rings. The third-order valence-corrected chi connectivity index (χ3v) is 3.89. The van der Waals surface area contributed by atoms with Crippen molar-refractivity contribution in [2.75, 3.05) is 11.1 Å². The van der Waals surface area contributed by atoms with E-state index in [1.54, 1.807) is 18.5 Å². The highest BCUT2D eigenvalue weighted by Crippen LogP contribution is 2.35. The van der Waals surface area contributed by atoms with Crippen LogP contribution < -0.4 is 11.1 Å². The second-order valence-corrected chi connectivity index (χ2v) is 5.14. The number of nitrogens with one attached hydrogen (secondary N) is 1. The zero-order chi connectivity index (χ0) is 14.1. The van der Waals surface area contributed by atoms with E-state index in [1.807, 2.05) is 30.3 Å². The number of rotatable bonds is 2. The van der Waals surface area contributed by atoms with Gasteiger partial charge >= 0.3 is 0 Å². The number of halogens is 2. The Morgan fingerprint density at radius 2 is 1.80 bits per heavy atom. The summed E-state index contributed by atoms with van der Waals surface area (Å²) in [6.07, 6.45) is 3.49. The summed E-state index contributed by atoms with van der Waals surface area (Å²) in [4.78, 5) is 4.14. The van der Waals surface area contributed by atoms with E-state index in [0.717, 1.165) is 22.1 Å². The van der Waals surface area contributed by atoms with E-state index in [9.17, 15) is 0 Å². The molecule has 0 saturated heterocycles. The number of aromatic nitrogens is 1. The van der Waals surface area contributed by atoms with E-state index in [1.165, 1.54) is 0 Å². The number of nitrogens with two attached hydrogens (primary N) is 1. The summed E-state index contributed by atoms with van der Waals surface area (Å²) in [5, 5.41) is 6.15. The highest BCUT2D eigenvalue weighted by Gasteiger charge is 2.08. The maximum atomic E-state index is 6.19. The lowest BCUT2D eigenvalue weighted by atomic mass is 10.1. The van der Waals surface area contributed by atoms with Crippen LogP contribution in [0.25, 0.3) is 10.8 Å². The van der Waals surface area contributed by atoms with Crippen molar-refractivity contribution in [2.24, 2.45) is 0 Å². The smallest absolute Gasteiger partial charge is 0.0827 e. The maximum Gasteiger partial charge on any atom is 0.0827 e. The zero-order valence-corrected chi connectivity index (χ0v) is 11.9. The first-order valence-electron chi connectivity index (χ1n) is 6.00. The monoisotopic (exact) mass is 303 g/mol. The van der Waals surface area contributed by atoms with Gasteiger partial charge in [-0.15, -0.1) is 0 Å². The van der Waals surface area contributed by atoms with E-state index < -0.39 is 0 Å². The number of nitrogens with zero attached hydrogens (tertiary/aromatic N) is 1. The van der Waals surface area contributed by atoms with Gasteiger partial charge in [-0.2, -0.15) is 0 Å². The molecule has 1 aromatic heterocycles. The number of fused-ring (bicyclic) bond motifs is 1. The van der Waals surface area contributed by atoms with E-state index in [0.29, 0.717) is 15.7 Å². The van der Waals surface area contributed by atoms with E-state index in [2.05, 4.69) is 10.3 Å². The molecular weight excluding hydrogens is 293 g/mol. The molecule has 0 saturated carbocycles. The molecule has 0 aliphatic carbocycles. The van der Waals surface area contributed by atoms with Crippen LogP contribution in [0, 0.1) is 0 Å². The first kappa shape index (κ1) is 13.0. The molecule has 3 aromatic rings. The molecule has 20 heavy (non-hydrogen) atoms. The second kappa shape index (κ2) is 5.19. The first-order valence-corrected chi connectivity index (χ1v) is 6.75. The molecule has 0 fully saturated rings. The van der Waals surface area contributed by atoms with Gasteiger partial charge in [0.15, 0.2) is 0 Å². The molecule has 0 atom stereocenters. The summed E-state index contributed by atoms with van der Waals surface area (Å²) in [5.74, 6) is 0. The average molecular weight is 304 g/mol. The number of nitrogen functional groups attached to an aromatic ring is 1. The molecule has 100 valence electrons. The molecule has 0 unspecified atom stereocenters. The Labute approximate surface area is 126 Å². The van der Waals surface area contributed by atoms with Gasteiger partial charge in [0.2, 0.25) is 0 Å². The molecule has 0 amide bonds. The summed E-state index contributed by atoms with van der Waals surface area (Å²) < 4.78 is 0. The zero-order valence-electron chi connectivity index (χ0n) is 10.4. The van der Waals surface area contributed by atoms with Crippen LogP contribution in [-0.4, -0.2) is 4.98 Å². The molecule has 0 spiro atoms. The molecule has 3 N–H and O–H groups in total. The van der Waals surface area contributed by atoms with Crippen LogP contribution in [0.15, 0.2) is 48.8 Å². The van der Waals surface area contributed by atoms with Crippen LogP contribution in [0.3, 0.4) is 0 Å². The third-order valence-electron chi connectivity index (χ3n) is 3.07. The van der Waals surface area contributed by atoms with Crippen molar-refractivity contribution in [2.45, 2.75) is 0 Å². The van der Waals surface area contributed by atoms with Crippen molar-refractivity contribution in [1.82, 2.24) is 4.98 Å². The lowest BCUT2D eigenvalue weighted by Crippen LogP contribution is -1.95. The van der Waals surface area contributed by atoms with Crippen LogP contribution in [0.5, 0.6) is 0 Å². The van der Waals surface area contributed by atoms with Crippen molar-refractivity contribution in [3.63, 3.8) is 0 Å². The second-order valence-electron chi connectivity index (χ2n) is 4.35. The molecule has 1 heterocycles. The van der Waals surface area contributed by atoms with E-state index in [-0.39, 0.29) is 0 Å². The highest BCUT2D eigenvalue weighted by molar-refractivity contribution is 6.43. The number of hydrogen-bond acceptors (Lipinski definition) is 3. The normalized spacial score (nSPS) is 10.7. The van der Waals surface area contributed by atoms with Crippen LogP contribution in [0.4, 0.5) is 17.1 Å². The molecule has 5 heteroatoms. The van der Waals surface area contributed by atoms with Crippen molar-refractivity contribution in [3.8, 4) is 0 Å². The fourth-order valence-corrected chi connectivity index (χ4v) is 2.42. The summed E-state index contributed by atoms with van der Waals surface area (Å²) in [5.41, 5.74) is 8.31. The predicted octanol–water partition coefficient (Wildman–Crippen LogP) is 4.87. The SMILES string of the molecule is Nc1ccc(Nc2cccc(Cl)c2Cl)c2cnccc12. The fraction of sp³-hybridized carbons (Fsp3) is 0. The van der Waals surface area contributed by atoms with Crippen LogP contribution in [-0.2, 0) is 0 Å². The Morgan fingerprint density at radius 3 is 2.65 bits per heavy atom. The highest BCUT2D eigenvalue weighted by atomic mass is 35.5. The van der Waals surface area contributed by atoms with E-state index in [4.69, 9.17) is 28.9 Å². The first-order chi connectivity index (χ1) is 9.66. The van der Waals surface area contributed by atoms with Crippen LogP contribution in [0.1, 0.15) is 0 Å².